The molecule has 0 aromatic heterocycles. The lowest BCUT2D eigenvalue weighted by molar-refractivity contribution is -0.142. The monoisotopic (exact) mass is 481 g/mol. The predicted octanol–water partition coefficient (Wildman–Crippen LogP) is 3.30. The third-order valence-electron chi connectivity index (χ3n) is 2.88. The van der Waals surface area contributed by atoms with Gasteiger partial charge < -0.3 is 9.47 Å². The van der Waals surface area contributed by atoms with Crippen molar-refractivity contribution in [3.05, 3.63) is 51.1 Å². The summed E-state index contributed by atoms with van der Waals surface area (Å²) in [6.45, 7) is -0.316. The van der Waals surface area contributed by atoms with E-state index in [4.69, 9.17) is 16.3 Å². The molecule has 0 bridgehead atoms. The first kappa shape index (κ1) is 18.8. The minimum Gasteiger partial charge on any atom is -0.480 e. The molecule has 6 nitrogen and oxygen atoms in total. The summed E-state index contributed by atoms with van der Waals surface area (Å²) in [4.78, 5) is 11.0. The van der Waals surface area contributed by atoms with E-state index in [0.29, 0.717) is 5.69 Å². The molecule has 0 aliphatic rings. The summed E-state index contributed by atoms with van der Waals surface area (Å²) in [5, 5.41) is 0.0735. The molecule has 0 aliphatic heterocycles. The van der Waals surface area contributed by atoms with E-state index in [1.807, 2.05) is 0 Å². The van der Waals surface area contributed by atoms with Crippen LogP contribution in [0.15, 0.2) is 47.4 Å². The van der Waals surface area contributed by atoms with Crippen molar-refractivity contribution >= 4 is 55.9 Å². The van der Waals surface area contributed by atoms with Gasteiger partial charge in [0, 0.05) is 9.26 Å². The van der Waals surface area contributed by atoms with Gasteiger partial charge in [0.1, 0.15) is 5.75 Å². The summed E-state index contributed by atoms with van der Waals surface area (Å²) < 4.78 is 37.8. The summed E-state index contributed by atoms with van der Waals surface area (Å²) in [7, 11) is -2.55. The van der Waals surface area contributed by atoms with Crippen LogP contribution in [0.5, 0.6) is 5.75 Å². The molecular weight excluding hydrogens is 469 g/mol. The first-order valence-electron chi connectivity index (χ1n) is 6.59. The number of esters is 1. The van der Waals surface area contributed by atoms with Gasteiger partial charge in [-0.25, -0.2) is 13.2 Å². The molecule has 0 radical (unpaired) electrons. The Kier molecular flexibility index (Phi) is 6.30. The molecule has 0 saturated carbocycles. The van der Waals surface area contributed by atoms with Crippen molar-refractivity contribution in [3.8, 4) is 5.75 Å². The van der Waals surface area contributed by atoms with E-state index < -0.39 is 16.0 Å². The van der Waals surface area contributed by atoms with Crippen LogP contribution < -0.4 is 9.46 Å². The van der Waals surface area contributed by atoms with Crippen LogP contribution in [0.2, 0.25) is 5.02 Å². The van der Waals surface area contributed by atoms with Crippen molar-refractivity contribution in [1.29, 1.82) is 0 Å². The highest BCUT2D eigenvalue weighted by atomic mass is 127. The molecule has 0 spiro atoms. The van der Waals surface area contributed by atoms with Gasteiger partial charge in [-0.05, 0) is 65.1 Å². The van der Waals surface area contributed by atoms with E-state index >= 15 is 0 Å². The van der Waals surface area contributed by atoms with Gasteiger partial charge >= 0.3 is 5.97 Å². The normalized spacial score (nSPS) is 11.0. The number of carbonyl (C=O) groups is 1. The highest BCUT2D eigenvalue weighted by molar-refractivity contribution is 14.1. The Bertz CT molecular complexity index is 839. The number of anilines is 1. The molecular formula is C15H13ClINO5S. The second-order valence-electron chi connectivity index (χ2n) is 4.57. The highest BCUT2D eigenvalue weighted by Gasteiger charge is 2.17. The van der Waals surface area contributed by atoms with E-state index in [1.54, 1.807) is 24.3 Å². The summed E-state index contributed by atoms with van der Waals surface area (Å²) in [6, 6.07) is 10.9. The molecule has 0 unspecified atom stereocenters. The minimum absolute atomic E-state index is 0.0172. The van der Waals surface area contributed by atoms with Gasteiger partial charge in [0.15, 0.2) is 6.61 Å². The van der Waals surface area contributed by atoms with Crippen LogP contribution >= 0.6 is 34.2 Å². The van der Waals surface area contributed by atoms with Crippen LogP contribution in [0.3, 0.4) is 0 Å². The van der Waals surface area contributed by atoms with Gasteiger partial charge in [-0.15, -0.1) is 0 Å². The quantitative estimate of drug-likeness (QED) is 0.506. The number of rotatable bonds is 6. The lowest BCUT2D eigenvalue weighted by Crippen LogP contribution is -2.14. The van der Waals surface area contributed by atoms with E-state index in [-0.39, 0.29) is 22.3 Å². The van der Waals surface area contributed by atoms with Gasteiger partial charge in [-0.2, -0.15) is 0 Å². The summed E-state index contributed by atoms with van der Waals surface area (Å²) >= 11 is 8.14. The Labute approximate surface area is 158 Å². The fourth-order valence-electron chi connectivity index (χ4n) is 1.69. The lowest BCUT2D eigenvalue weighted by Gasteiger charge is -2.11. The van der Waals surface area contributed by atoms with Crippen molar-refractivity contribution < 1.29 is 22.7 Å². The van der Waals surface area contributed by atoms with Gasteiger partial charge in [-0.3, -0.25) is 4.72 Å². The van der Waals surface area contributed by atoms with Crippen LogP contribution in [0.25, 0.3) is 0 Å². The average molecular weight is 482 g/mol. The molecule has 2 rings (SSSR count). The number of methoxy groups -OCH3 is 1. The van der Waals surface area contributed by atoms with Crippen molar-refractivity contribution in [2.45, 2.75) is 4.90 Å². The number of carbonyl (C=O) groups excluding carboxylic acids is 1. The van der Waals surface area contributed by atoms with E-state index in [0.717, 1.165) is 3.57 Å². The molecule has 128 valence electrons. The smallest absolute Gasteiger partial charge is 0.343 e. The topological polar surface area (TPSA) is 81.7 Å². The van der Waals surface area contributed by atoms with Crippen LogP contribution in [0.1, 0.15) is 0 Å². The van der Waals surface area contributed by atoms with Gasteiger partial charge in [-0.1, -0.05) is 11.6 Å². The zero-order valence-electron chi connectivity index (χ0n) is 12.5. The molecule has 2 aromatic rings. The maximum atomic E-state index is 12.4. The molecule has 1 N–H and O–H groups in total. The molecule has 24 heavy (non-hydrogen) atoms. The molecule has 0 fully saturated rings. The number of hydrogen-bond donors (Lipinski definition) is 1. The first-order valence-corrected chi connectivity index (χ1v) is 9.53. The second-order valence-corrected chi connectivity index (χ2v) is 7.90. The van der Waals surface area contributed by atoms with Crippen LogP contribution in [-0.4, -0.2) is 28.1 Å². The number of ether oxygens (including phenoxy) is 2. The van der Waals surface area contributed by atoms with E-state index in [2.05, 4.69) is 32.0 Å². The molecule has 0 saturated heterocycles. The fourth-order valence-corrected chi connectivity index (χ4v) is 3.44. The average Bonchev–Trinajstić information content (AvgIpc) is 2.55. The van der Waals surface area contributed by atoms with Crippen LogP contribution in [-0.2, 0) is 19.6 Å². The Morgan fingerprint density at radius 3 is 2.46 bits per heavy atom. The second kappa shape index (κ2) is 8.04. The number of hydrogen-bond acceptors (Lipinski definition) is 5. The molecule has 0 atom stereocenters. The van der Waals surface area contributed by atoms with Gasteiger partial charge in [0.25, 0.3) is 10.0 Å². The molecule has 9 heteroatoms. The zero-order chi connectivity index (χ0) is 17.7. The first-order chi connectivity index (χ1) is 11.3. The Balaban J connectivity index is 2.17. The number of sulfonamides is 1. The third kappa shape index (κ3) is 4.99. The standard InChI is InChI=1S/C15H13ClINO5S/c1-22-15(19)9-23-14-7-6-12(8-13(14)16)24(20,21)18-11-4-2-10(17)3-5-11/h2-8,18H,9H2,1H3. The predicted molar refractivity (Wildman–Crippen MR) is 98.9 cm³/mol. The van der Waals surface area contributed by atoms with Crippen molar-refractivity contribution in [2.24, 2.45) is 0 Å². The Morgan fingerprint density at radius 1 is 1.21 bits per heavy atom. The molecule has 0 heterocycles. The molecule has 2 aromatic carbocycles. The molecule has 0 amide bonds. The van der Waals surface area contributed by atoms with Crippen LogP contribution in [0.4, 0.5) is 5.69 Å². The van der Waals surface area contributed by atoms with Crippen molar-refractivity contribution in [2.75, 3.05) is 18.4 Å². The molecule has 0 aliphatic carbocycles. The van der Waals surface area contributed by atoms with E-state index in [1.165, 1.54) is 25.3 Å². The SMILES string of the molecule is COC(=O)COc1ccc(S(=O)(=O)Nc2ccc(I)cc2)cc1Cl. The highest BCUT2D eigenvalue weighted by Crippen LogP contribution is 2.28. The summed E-state index contributed by atoms with van der Waals surface area (Å²) in [5.74, 6) is -0.376. The maximum Gasteiger partial charge on any atom is 0.343 e. The Morgan fingerprint density at radius 2 is 1.88 bits per heavy atom. The van der Waals surface area contributed by atoms with Gasteiger partial charge in [0.05, 0.1) is 17.0 Å². The lowest BCUT2D eigenvalue weighted by atomic mass is 10.3. The third-order valence-corrected chi connectivity index (χ3v) is 5.28. The largest absolute Gasteiger partial charge is 0.480 e. The number of halogens is 2. The zero-order valence-corrected chi connectivity index (χ0v) is 16.2. The van der Waals surface area contributed by atoms with Crippen molar-refractivity contribution in [1.82, 2.24) is 0 Å². The Hall–Kier alpha value is -1.52. The van der Waals surface area contributed by atoms with Gasteiger partial charge in [0.2, 0.25) is 0 Å². The van der Waals surface area contributed by atoms with Crippen molar-refractivity contribution in [3.63, 3.8) is 0 Å². The van der Waals surface area contributed by atoms with E-state index in [9.17, 15) is 13.2 Å². The fraction of sp³-hybridized carbons (Fsp3) is 0.133. The summed E-state index contributed by atoms with van der Waals surface area (Å²) in [6.07, 6.45) is 0. The number of nitrogens with one attached hydrogen (secondary N) is 1. The summed E-state index contributed by atoms with van der Waals surface area (Å²) in [5.41, 5.74) is 0.442. The van der Waals surface area contributed by atoms with Crippen LogP contribution in [0, 0.1) is 3.57 Å². The number of benzene rings is 2. The maximum absolute atomic E-state index is 12.4. The minimum atomic E-state index is -3.79.